The number of carbonyl (C=O) groups excluding carboxylic acids is 2. The predicted octanol–water partition coefficient (Wildman–Crippen LogP) is 4.56. The SMILES string of the molecule is COC(=O)CN1C(=O)c2ccccc2C1c1c(-c2ccccc2)n(C)c2ccccc12. The molecule has 154 valence electrons. The van der Waals surface area contributed by atoms with Gasteiger partial charge in [0.1, 0.15) is 6.54 Å². The normalized spacial score (nSPS) is 15.4. The third-order valence-electron chi connectivity index (χ3n) is 6.05. The van der Waals surface area contributed by atoms with Crippen LogP contribution in [0, 0.1) is 0 Å². The molecule has 1 amide bonds. The first-order valence-corrected chi connectivity index (χ1v) is 10.2. The molecule has 0 aliphatic carbocycles. The standard InChI is InChI=1S/C26H22N2O3/c1-27-21-15-9-8-14-20(21)23(24(27)17-10-4-3-5-11-17)25-18-12-6-7-13-19(18)26(30)28(25)16-22(29)31-2/h3-15,25H,16H2,1-2H3. The molecule has 4 aromatic rings. The monoisotopic (exact) mass is 410 g/mol. The fourth-order valence-corrected chi connectivity index (χ4v) is 4.69. The van der Waals surface area contributed by atoms with E-state index in [0.717, 1.165) is 33.3 Å². The van der Waals surface area contributed by atoms with Crippen molar-refractivity contribution in [2.45, 2.75) is 6.04 Å². The lowest BCUT2D eigenvalue weighted by molar-refractivity contribution is -0.141. The Morgan fingerprint density at radius 3 is 2.39 bits per heavy atom. The summed E-state index contributed by atoms with van der Waals surface area (Å²) in [6.45, 7) is -0.105. The Morgan fingerprint density at radius 2 is 1.61 bits per heavy atom. The minimum Gasteiger partial charge on any atom is -0.468 e. The zero-order valence-corrected chi connectivity index (χ0v) is 17.4. The first kappa shape index (κ1) is 19.1. The van der Waals surface area contributed by atoms with Crippen molar-refractivity contribution in [1.29, 1.82) is 0 Å². The van der Waals surface area contributed by atoms with Crippen LogP contribution in [-0.2, 0) is 16.6 Å². The smallest absolute Gasteiger partial charge is 0.325 e. The van der Waals surface area contributed by atoms with E-state index in [1.165, 1.54) is 7.11 Å². The van der Waals surface area contributed by atoms with Crippen LogP contribution in [-0.4, -0.2) is 35.0 Å². The summed E-state index contributed by atoms with van der Waals surface area (Å²) in [5.74, 6) is -0.592. The maximum atomic E-state index is 13.3. The van der Waals surface area contributed by atoms with E-state index < -0.39 is 5.97 Å². The van der Waals surface area contributed by atoms with Crippen molar-refractivity contribution in [3.05, 3.63) is 95.6 Å². The van der Waals surface area contributed by atoms with E-state index in [1.54, 1.807) is 4.90 Å². The van der Waals surface area contributed by atoms with Gasteiger partial charge in [0.25, 0.3) is 5.91 Å². The number of fused-ring (bicyclic) bond motifs is 2. The summed E-state index contributed by atoms with van der Waals surface area (Å²) < 4.78 is 7.08. The highest BCUT2D eigenvalue weighted by Crippen LogP contribution is 2.46. The maximum absolute atomic E-state index is 13.3. The molecule has 5 rings (SSSR count). The van der Waals surface area contributed by atoms with Gasteiger partial charge in [0.2, 0.25) is 0 Å². The summed E-state index contributed by atoms with van der Waals surface area (Å²) in [4.78, 5) is 27.2. The van der Waals surface area contributed by atoms with Crippen LogP contribution in [0.2, 0.25) is 0 Å². The van der Waals surface area contributed by atoms with Crippen molar-refractivity contribution in [2.75, 3.05) is 13.7 Å². The van der Waals surface area contributed by atoms with E-state index in [2.05, 4.69) is 28.8 Å². The summed E-state index contributed by atoms with van der Waals surface area (Å²) in [5, 5.41) is 1.06. The van der Waals surface area contributed by atoms with Gasteiger partial charge in [0, 0.05) is 29.1 Å². The number of aryl methyl sites for hydroxylation is 1. The first-order valence-electron chi connectivity index (χ1n) is 10.2. The summed E-state index contributed by atoms with van der Waals surface area (Å²) in [5.41, 5.74) is 5.73. The van der Waals surface area contributed by atoms with Crippen LogP contribution in [0.4, 0.5) is 0 Å². The molecule has 0 saturated carbocycles. The molecule has 2 heterocycles. The molecular formula is C26H22N2O3. The van der Waals surface area contributed by atoms with Gasteiger partial charge in [-0.05, 0) is 23.3 Å². The molecule has 1 atom stereocenters. The molecule has 0 spiro atoms. The van der Waals surface area contributed by atoms with Gasteiger partial charge < -0.3 is 14.2 Å². The second-order valence-corrected chi connectivity index (χ2v) is 7.70. The lowest BCUT2D eigenvalue weighted by Gasteiger charge is -2.26. The number of hydrogen-bond acceptors (Lipinski definition) is 3. The molecule has 1 aliphatic rings. The number of hydrogen-bond donors (Lipinski definition) is 0. The number of nitrogens with zero attached hydrogens (tertiary/aromatic N) is 2. The Morgan fingerprint density at radius 1 is 0.935 bits per heavy atom. The van der Waals surface area contributed by atoms with Crippen LogP contribution < -0.4 is 0 Å². The fraction of sp³-hybridized carbons (Fsp3) is 0.154. The van der Waals surface area contributed by atoms with E-state index in [9.17, 15) is 9.59 Å². The number of esters is 1. The summed E-state index contributed by atoms with van der Waals surface area (Å²) in [7, 11) is 3.39. The van der Waals surface area contributed by atoms with Crippen LogP contribution >= 0.6 is 0 Å². The Kier molecular flexibility index (Phi) is 4.59. The van der Waals surface area contributed by atoms with Crippen LogP contribution in [0.15, 0.2) is 78.9 Å². The fourth-order valence-electron chi connectivity index (χ4n) is 4.69. The summed E-state index contributed by atoms with van der Waals surface area (Å²) in [6.07, 6.45) is 0. The minimum absolute atomic E-state index is 0.105. The lowest BCUT2D eigenvalue weighted by Crippen LogP contribution is -2.34. The van der Waals surface area contributed by atoms with Gasteiger partial charge in [0.15, 0.2) is 0 Å². The van der Waals surface area contributed by atoms with Crippen LogP contribution in [0.5, 0.6) is 0 Å². The maximum Gasteiger partial charge on any atom is 0.325 e. The van der Waals surface area contributed by atoms with Crippen molar-refractivity contribution < 1.29 is 14.3 Å². The number of aromatic nitrogens is 1. The molecule has 31 heavy (non-hydrogen) atoms. The van der Waals surface area contributed by atoms with E-state index in [0.29, 0.717) is 5.56 Å². The minimum atomic E-state index is -0.437. The molecule has 1 aliphatic heterocycles. The summed E-state index contributed by atoms with van der Waals surface area (Å²) in [6, 6.07) is 25.6. The van der Waals surface area contributed by atoms with E-state index in [1.807, 2.05) is 61.6 Å². The number of rotatable bonds is 4. The zero-order chi connectivity index (χ0) is 21.5. The molecule has 0 radical (unpaired) electrons. The third kappa shape index (κ3) is 2.93. The Hall–Kier alpha value is -3.86. The Labute approximate surface area is 180 Å². The van der Waals surface area contributed by atoms with Gasteiger partial charge in [-0.25, -0.2) is 0 Å². The highest BCUT2D eigenvalue weighted by atomic mass is 16.5. The van der Waals surface area contributed by atoms with Crippen molar-refractivity contribution in [2.24, 2.45) is 7.05 Å². The average molecular weight is 410 g/mol. The van der Waals surface area contributed by atoms with Crippen LogP contribution in [0.1, 0.15) is 27.5 Å². The first-order chi connectivity index (χ1) is 15.1. The average Bonchev–Trinajstić information content (AvgIpc) is 3.25. The Balaban J connectivity index is 1.83. The number of para-hydroxylation sites is 1. The van der Waals surface area contributed by atoms with Gasteiger partial charge in [-0.3, -0.25) is 9.59 Å². The van der Waals surface area contributed by atoms with Gasteiger partial charge in [0.05, 0.1) is 18.8 Å². The van der Waals surface area contributed by atoms with Crippen LogP contribution in [0.25, 0.3) is 22.2 Å². The zero-order valence-electron chi connectivity index (χ0n) is 17.4. The topological polar surface area (TPSA) is 51.5 Å². The van der Waals surface area contributed by atoms with Crippen molar-refractivity contribution in [1.82, 2.24) is 9.47 Å². The van der Waals surface area contributed by atoms with Gasteiger partial charge in [-0.15, -0.1) is 0 Å². The quantitative estimate of drug-likeness (QED) is 0.464. The number of ether oxygens (including phenoxy) is 1. The molecule has 0 saturated heterocycles. The largest absolute Gasteiger partial charge is 0.468 e. The second kappa shape index (κ2) is 7.43. The highest BCUT2D eigenvalue weighted by molar-refractivity contribution is 6.03. The van der Waals surface area contributed by atoms with E-state index >= 15 is 0 Å². The summed E-state index contributed by atoms with van der Waals surface area (Å²) >= 11 is 0. The van der Waals surface area contributed by atoms with Crippen molar-refractivity contribution in [3.8, 4) is 11.3 Å². The van der Waals surface area contributed by atoms with E-state index in [-0.39, 0.29) is 18.5 Å². The van der Waals surface area contributed by atoms with Gasteiger partial charge in [-0.2, -0.15) is 0 Å². The molecular weight excluding hydrogens is 388 g/mol. The molecule has 5 nitrogen and oxygen atoms in total. The van der Waals surface area contributed by atoms with Gasteiger partial charge >= 0.3 is 5.97 Å². The van der Waals surface area contributed by atoms with Crippen molar-refractivity contribution in [3.63, 3.8) is 0 Å². The highest BCUT2D eigenvalue weighted by Gasteiger charge is 2.41. The lowest BCUT2D eigenvalue weighted by atomic mass is 9.93. The number of carbonyl (C=O) groups is 2. The molecule has 0 N–H and O–H groups in total. The van der Waals surface area contributed by atoms with E-state index in [4.69, 9.17) is 4.74 Å². The molecule has 1 aromatic heterocycles. The predicted molar refractivity (Wildman–Crippen MR) is 120 cm³/mol. The second-order valence-electron chi connectivity index (χ2n) is 7.70. The number of benzene rings is 3. The molecule has 0 fully saturated rings. The third-order valence-corrected chi connectivity index (χ3v) is 6.05. The van der Waals surface area contributed by atoms with Crippen molar-refractivity contribution >= 4 is 22.8 Å². The Bertz CT molecular complexity index is 1310. The number of amides is 1. The molecule has 0 bridgehead atoms. The molecule has 3 aromatic carbocycles. The van der Waals surface area contributed by atoms with Crippen LogP contribution in [0.3, 0.4) is 0 Å². The van der Waals surface area contributed by atoms with Gasteiger partial charge in [-0.1, -0.05) is 66.7 Å². The molecule has 5 heteroatoms. The number of methoxy groups -OCH3 is 1. The molecule has 1 unspecified atom stereocenters.